The number of likely N-dealkylation sites (tertiary alicyclic amines) is 1. The normalized spacial score (nSPS) is 37.6. The van der Waals surface area contributed by atoms with E-state index in [-0.39, 0.29) is 29.8 Å². The number of hydrogen-bond acceptors (Lipinski definition) is 4. The molecule has 7 heteroatoms. The molecule has 8 unspecified atom stereocenters. The Hall–Kier alpha value is -2.67. The van der Waals surface area contributed by atoms with Crippen molar-refractivity contribution in [3.8, 4) is 0 Å². The van der Waals surface area contributed by atoms with Crippen LogP contribution < -0.4 is 10.6 Å². The van der Waals surface area contributed by atoms with E-state index in [0.717, 1.165) is 56.9 Å². The lowest BCUT2D eigenvalue weighted by Gasteiger charge is -2.40. The highest BCUT2D eigenvalue weighted by atomic mass is 16.5. The number of carbonyl (C=O) groups excluding carboxylic acids is 3. The summed E-state index contributed by atoms with van der Waals surface area (Å²) in [6, 6.07) is 7.01. The highest BCUT2D eigenvalue weighted by Gasteiger charge is 2.73. The molecular weight excluding hydrogens is 502 g/mol. The summed E-state index contributed by atoms with van der Waals surface area (Å²) in [6.45, 7) is 6.48. The van der Waals surface area contributed by atoms with Crippen molar-refractivity contribution in [2.45, 2.75) is 115 Å². The number of benzene rings is 1. The third-order valence-electron chi connectivity index (χ3n) is 10.7. The predicted octanol–water partition coefficient (Wildman–Crippen LogP) is 5.14. The zero-order valence-electron chi connectivity index (χ0n) is 24.2. The first-order valence-electron chi connectivity index (χ1n) is 15.7. The number of ether oxygens (including phenoxy) is 1. The van der Waals surface area contributed by atoms with Crippen molar-refractivity contribution >= 4 is 23.4 Å². The molecule has 7 nitrogen and oxygen atoms in total. The van der Waals surface area contributed by atoms with Gasteiger partial charge in [0, 0.05) is 17.8 Å². The molecule has 3 aliphatic heterocycles. The van der Waals surface area contributed by atoms with E-state index in [1.165, 1.54) is 12.8 Å². The van der Waals surface area contributed by atoms with Gasteiger partial charge in [0.1, 0.15) is 11.6 Å². The smallest absolute Gasteiger partial charge is 0.246 e. The van der Waals surface area contributed by atoms with Gasteiger partial charge in [0.2, 0.25) is 17.7 Å². The molecule has 40 heavy (non-hydrogen) atoms. The SMILES string of the molecule is Cc1cccc(NC(=O)C2C3C=CC4(O3)C2C(=O)N(C2CCCCCCC2)C4C(=O)NC2CCCC(C)C2C)c1. The van der Waals surface area contributed by atoms with Gasteiger partial charge in [-0.1, -0.05) is 83.1 Å². The number of rotatable bonds is 5. The summed E-state index contributed by atoms with van der Waals surface area (Å²) < 4.78 is 6.60. The Morgan fingerprint density at radius 2 is 1.73 bits per heavy atom. The average molecular weight is 548 g/mol. The zero-order chi connectivity index (χ0) is 28.0. The molecule has 8 atom stereocenters. The van der Waals surface area contributed by atoms with Crippen LogP contribution in [0.15, 0.2) is 36.4 Å². The molecule has 2 aliphatic carbocycles. The summed E-state index contributed by atoms with van der Waals surface area (Å²) in [5.41, 5.74) is 0.656. The summed E-state index contributed by atoms with van der Waals surface area (Å²) >= 11 is 0. The van der Waals surface area contributed by atoms with E-state index in [2.05, 4.69) is 24.5 Å². The number of nitrogens with zero attached hydrogens (tertiary/aromatic N) is 1. The molecule has 1 aromatic carbocycles. The first kappa shape index (κ1) is 27.5. The topological polar surface area (TPSA) is 87.7 Å². The van der Waals surface area contributed by atoms with Crippen molar-refractivity contribution in [2.75, 3.05) is 5.32 Å². The molecule has 1 spiro atoms. The van der Waals surface area contributed by atoms with E-state index >= 15 is 0 Å². The van der Waals surface area contributed by atoms with E-state index in [9.17, 15) is 14.4 Å². The number of nitrogens with one attached hydrogen (secondary N) is 2. The number of amides is 3. The van der Waals surface area contributed by atoms with Gasteiger partial charge in [-0.05, 0) is 55.7 Å². The largest absolute Gasteiger partial charge is 0.359 e. The molecule has 3 heterocycles. The molecule has 0 aromatic heterocycles. The molecule has 6 rings (SSSR count). The second-order valence-electron chi connectivity index (χ2n) is 13.2. The molecule has 0 radical (unpaired) electrons. The van der Waals surface area contributed by atoms with Gasteiger partial charge in [-0.25, -0.2) is 0 Å². The van der Waals surface area contributed by atoms with Crippen LogP contribution in [-0.2, 0) is 19.1 Å². The molecule has 2 saturated heterocycles. The lowest BCUT2D eigenvalue weighted by molar-refractivity contribution is -0.144. The van der Waals surface area contributed by atoms with Crippen LogP contribution in [0, 0.1) is 30.6 Å². The summed E-state index contributed by atoms with van der Waals surface area (Å²) in [7, 11) is 0. The maximum atomic E-state index is 14.5. The molecule has 216 valence electrons. The van der Waals surface area contributed by atoms with Crippen molar-refractivity contribution in [1.29, 1.82) is 0 Å². The van der Waals surface area contributed by atoms with Crippen LogP contribution in [-0.4, -0.2) is 52.5 Å². The Labute approximate surface area is 238 Å². The van der Waals surface area contributed by atoms with Gasteiger partial charge in [-0.15, -0.1) is 0 Å². The number of aryl methyl sites for hydroxylation is 1. The minimum atomic E-state index is -1.10. The highest BCUT2D eigenvalue weighted by molar-refractivity contribution is 6.03. The molecule has 2 saturated carbocycles. The second-order valence-corrected chi connectivity index (χ2v) is 13.2. The van der Waals surface area contributed by atoms with Gasteiger partial charge >= 0.3 is 0 Å². The average Bonchev–Trinajstić information content (AvgIpc) is 3.54. The monoisotopic (exact) mass is 547 g/mol. The third kappa shape index (κ3) is 4.68. The Bertz CT molecular complexity index is 1170. The van der Waals surface area contributed by atoms with Gasteiger partial charge in [-0.2, -0.15) is 0 Å². The molecule has 4 fully saturated rings. The van der Waals surface area contributed by atoms with Crippen LogP contribution in [0.4, 0.5) is 5.69 Å². The van der Waals surface area contributed by atoms with Gasteiger partial charge in [0.25, 0.3) is 0 Å². The van der Waals surface area contributed by atoms with Crippen LogP contribution in [0.5, 0.6) is 0 Å². The zero-order valence-corrected chi connectivity index (χ0v) is 24.2. The van der Waals surface area contributed by atoms with Crippen LogP contribution in [0.1, 0.15) is 83.6 Å². The van der Waals surface area contributed by atoms with E-state index in [4.69, 9.17) is 4.74 Å². The van der Waals surface area contributed by atoms with Gasteiger partial charge < -0.3 is 20.3 Å². The summed E-state index contributed by atoms with van der Waals surface area (Å²) in [6.07, 6.45) is 14.0. The van der Waals surface area contributed by atoms with Gasteiger partial charge in [0.15, 0.2) is 0 Å². The molecule has 1 aromatic rings. The van der Waals surface area contributed by atoms with E-state index in [0.29, 0.717) is 17.5 Å². The maximum absolute atomic E-state index is 14.5. The van der Waals surface area contributed by atoms with Crippen molar-refractivity contribution in [3.05, 3.63) is 42.0 Å². The van der Waals surface area contributed by atoms with Crippen LogP contribution in [0.2, 0.25) is 0 Å². The lowest BCUT2D eigenvalue weighted by atomic mass is 9.73. The Morgan fingerprint density at radius 3 is 2.48 bits per heavy atom. The first-order valence-corrected chi connectivity index (χ1v) is 15.7. The standard InChI is InChI=1S/C33H45N3O4/c1-20-11-9-13-23(19-20)34-30(37)27-26-17-18-33(40-26)28(27)32(39)36(24-14-7-5-4-6-8-15-24)29(33)31(38)35-25-16-10-12-21(2)22(25)3/h9,11,13,17-19,21-22,24-29H,4-8,10,12,14-16H2,1-3H3,(H,34,37)(H,35,38). The van der Waals surface area contributed by atoms with Gasteiger partial charge in [-0.3, -0.25) is 14.4 Å². The summed E-state index contributed by atoms with van der Waals surface area (Å²) in [4.78, 5) is 44.4. The van der Waals surface area contributed by atoms with Crippen LogP contribution >= 0.6 is 0 Å². The van der Waals surface area contributed by atoms with Crippen LogP contribution in [0.3, 0.4) is 0 Å². The Kier molecular flexibility index (Phi) is 7.53. The Balaban J connectivity index is 1.33. The minimum Gasteiger partial charge on any atom is -0.359 e. The predicted molar refractivity (Wildman–Crippen MR) is 154 cm³/mol. The quantitative estimate of drug-likeness (QED) is 0.500. The highest BCUT2D eigenvalue weighted by Crippen LogP contribution is 2.56. The second kappa shape index (κ2) is 11.0. The molecule has 2 bridgehead atoms. The van der Waals surface area contributed by atoms with Crippen molar-refractivity contribution in [2.24, 2.45) is 23.7 Å². The van der Waals surface area contributed by atoms with Gasteiger partial charge in [0.05, 0.1) is 17.9 Å². The lowest BCUT2D eigenvalue weighted by Crippen LogP contribution is -2.59. The number of carbonyl (C=O) groups is 3. The molecule has 5 aliphatic rings. The summed E-state index contributed by atoms with van der Waals surface area (Å²) in [5, 5.41) is 6.44. The fraction of sp³-hybridized carbons (Fsp3) is 0.667. The number of fused-ring (bicyclic) bond motifs is 1. The van der Waals surface area contributed by atoms with E-state index < -0.39 is 29.6 Å². The maximum Gasteiger partial charge on any atom is 0.246 e. The van der Waals surface area contributed by atoms with Crippen molar-refractivity contribution < 1.29 is 19.1 Å². The fourth-order valence-corrected chi connectivity index (χ4v) is 8.31. The van der Waals surface area contributed by atoms with E-state index in [1.54, 1.807) is 0 Å². The molecule has 2 N–H and O–H groups in total. The number of hydrogen-bond donors (Lipinski definition) is 2. The minimum absolute atomic E-state index is 0.0113. The Morgan fingerprint density at radius 1 is 0.975 bits per heavy atom. The molecular formula is C33H45N3O4. The van der Waals surface area contributed by atoms with Crippen molar-refractivity contribution in [3.63, 3.8) is 0 Å². The van der Waals surface area contributed by atoms with Crippen LogP contribution in [0.25, 0.3) is 0 Å². The molecule has 3 amide bonds. The first-order chi connectivity index (χ1) is 19.3. The number of anilines is 1. The van der Waals surface area contributed by atoms with Crippen molar-refractivity contribution in [1.82, 2.24) is 10.2 Å². The fourth-order valence-electron chi connectivity index (χ4n) is 8.31. The summed E-state index contributed by atoms with van der Waals surface area (Å²) in [5.74, 6) is -0.863. The van der Waals surface area contributed by atoms with E-state index in [1.807, 2.05) is 48.2 Å². The third-order valence-corrected chi connectivity index (χ3v) is 10.7.